The van der Waals surface area contributed by atoms with Crippen molar-refractivity contribution < 1.29 is 14.6 Å². The van der Waals surface area contributed by atoms with Crippen LogP contribution in [0.1, 0.15) is 30.1 Å². The molecule has 1 aromatic rings. The van der Waals surface area contributed by atoms with E-state index in [0.29, 0.717) is 11.5 Å². The van der Waals surface area contributed by atoms with Gasteiger partial charge in [-0.2, -0.15) is 0 Å². The van der Waals surface area contributed by atoms with E-state index in [1.165, 1.54) is 12.3 Å². The molecule has 1 fully saturated rings. The van der Waals surface area contributed by atoms with Crippen LogP contribution in [0.15, 0.2) is 12.3 Å². The van der Waals surface area contributed by atoms with Gasteiger partial charge in [0, 0.05) is 6.61 Å². The molecule has 2 heterocycles. The molecule has 2 unspecified atom stereocenters. The fourth-order valence-electron chi connectivity index (χ4n) is 2.06. The fraction of sp³-hybridized carbons (Fsp3) is 0.500. The molecule has 0 bridgehead atoms. The number of carbonyl (C=O) groups is 1. The molecule has 1 aliphatic rings. The highest BCUT2D eigenvalue weighted by molar-refractivity contribution is 5.94. The second kappa shape index (κ2) is 5.22. The topological polar surface area (TPSA) is 97.5 Å². The Balaban J connectivity index is 2.15. The minimum atomic E-state index is -1.04. The van der Waals surface area contributed by atoms with Crippen LogP contribution in [-0.2, 0) is 4.74 Å². The van der Waals surface area contributed by atoms with E-state index < -0.39 is 5.97 Å². The van der Waals surface area contributed by atoms with Crippen molar-refractivity contribution in [2.45, 2.75) is 31.9 Å². The van der Waals surface area contributed by atoms with Crippen LogP contribution in [0.2, 0.25) is 0 Å². The molecule has 0 aromatic carbocycles. The van der Waals surface area contributed by atoms with Crippen LogP contribution in [0.5, 0.6) is 0 Å². The zero-order valence-electron chi connectivity index (χ0n) is 10.2. The lowest BCUT2D eigenvalue weighted by molar-refractivity contribution is 0.0696. The first-order valence-electron chi connectivity index (χ1n) is 5.95. The number of hydrogen-bond donors (Lipinski definition) is 3. The van der Waals surface area contributed by atoms with E-state index in [2.05, 4.69) is 10.3 Å². The van der Waals surface area contributed by atoms with Crippen molar-refractivity contribution in [1.29, 1.82) is 0 Å². The maximum Gasteiger partial charge on any atom is 0.339 e. The van der Waals surface area contributed by atoms with Crippen LogP contribution in [0.25, 0.3) is 0 Å². The van der Waals surface area contributed by atoms with E-state index in [9.17, 15) is 4.79 Å². The van der Waals surface area contributed by atoms with Crippen LogP contribution in [-0.4, -0.2) is 34.8 Å². The van der Waals surface area contributed by atoms with Crippen molar-refractivity contribution in [3.05, 3.63) is 17.8 Å². The molecule has 0 aliphatic carbocycles. The molecule has 98 valence electrons. The Labute approximate surface area is 105 Å². The monoisotopic (exact) mass is 251 g/mol. The van der Waals surface area contributed by atoms with Gasteiger partial charge in [-0.05, 0) is 25.8 Å². The number of hydrogen-bond acceptors (Lipinski definition) is 5. The van der Waals surface area contributed by atoms with Gasteiger partial charge in [0.15, 0.2) is 0 Å². The number of rotatable bonds is 4. The molecular formula is C12H17N3O3. The first-order valence-corrected chi connectivity index (χ1v) is 5.95. The fourth-order valence-corrected chi connectivity index (χ4v) is 2.06. The van der Waals surface area contributed by atoms with Gasteiger partial charge in [0.1, 0.15) is 11.4 Å². The minimum absolute atomic E-state index is 0.0155. The van der Waals surface area contributed by atoms with Gasteiger partial charge in [0.25, 0.3) is 0 Å². The van der Waals surface area contributed by atoms with E-state index in [4.69, 9.17) is 15.6 Å². The number of anilines is 2. The van der Waals surface area contributed by atoms with E-state index in [1.54, 1.807) is 0 Å². The van der Waals surface area contributed by atoms with E-state index in [0.717, 1.165) is 19.4 Å². The number of nitrogens with one attached hydrogen (secondary N) is 1. The van der Waals surface area contributed by atoms with Crippen molar-refractivity contribution >= 4 is 17.5 Å². The molecule has 6 heteroatoms. The maximum absolute atomic E-state index is 11.1. The lowest BCUT2D eigenvalue weighted by Gasteiger charge is -2.21. The second-order valence-electron chi connectivity index (χ2n) is 4.45. The van der Waals surface area contributed by atoms with Crippen molar-refractivity contribution in [3.63, 3.8) is 0 Å². The van der Waals surface area contributed by atoms with Crippen LogP contribution in [0, 0.1) is 0 Å². The predicted octanol–water partition coefficient (Wildman–Crippen LogP) is 1.34. The number of nitrogen functional groups attached to an aromatic ring is 1. The first-order chi connectivity index (χ1) is 8.58. The Hall–Kier alpha value is -1.82. The Morgan fingerprint density at radius 3 is 3.11 bits per heavy atom. The standard InChI is InChI=1S/C12H17N3O3/c1-7(10-3-2-4-18-10)15-11-9(12(16)17)5-8(13)6-14-11/h5-7,10H,2-4,13H2,1H3,(H,14,15)(H,16,17). The number of carboxylic acid groups (broad SMARTS) is 1. The molecule has 0 amide bonds. The maximum atomic E-state index is 11.1. The molecule has 2 atom stereocenters. The van der Waals surface area contributed by atoms with Crippen molar-refractivity contribution in [2.75, 3.05) is 17.7 Å². The Morgan fingerprint density at radius 1 is 1.72 bits per heavy atom. The van der Waals surface area contributed by atoms with E-state index >= 15 is 0 Å². The predicted molar refractivity (Wildman–Crippen MR) is 67.7 cm³/mol. The number of aromatic nitrogens is 1. The first kappa shape index (κ1) is 12.6. The number of nitrogens with zero attached hydrogens (tertiary/aromatic N) is 1. The summed E-state index contributed by atoms with van der Waals surface area (Å²) in [5.74, 6) is -0.712. The van der Waals surface area contributed by atoms with Crippen LogP contribution >= 0.6 is 0 Å². The number of ether oxygens (including phenoxy) is 1. The smallest absolute Gasteiger partial charge is 0.339 e. The molecule has 2 rings (SSSR count). The van der Waals surface area contributed by atoms with Crippen LogP contribution < -0.4 is 11.1 Å². The summed E-state index contributed by atoms with van der Waals surface area (Å²) in [7, 11) is 0. The summed E-state index contributed by atoms with van der Waals surface area (Å²) in [6.45, 7) is 2.72. The Kier molecular flexibility index (Phi) is 3.66. The zero-order valence-corrected chi connectivity index (χ0v) is 10.2. The van der Waals surface area contributed by atoms with Gasteiger partial charge >= 0.3 is 5.97 Å². The van der Waals surface area contributed by atoms with Gasteiger partial charge in [-0.1, -0.05) is 0 Å². The average molecular weight is 251 g/mol. The molecule has 6 nitrogen and oxygen atoms in total. The van der Waals surface area contributed by atoms with Crippen molar-refractivity contribution in [2.24, 2.45) is 0 Å². The number of aromatic carboxylic acids is 1. The second-order valence-corrected chi connectivity index (χ2v) is 4.45. The highest BCUT2D eigenvalue weighted by Crippen LogP contribution is 2.21. The van der Waals surface area contributed by atoms with Gasteiger partial charge in [0.05, 0.1) is 24.0 Å². The molecule has 0 radical (unpaired) electrons. The number of nitrogens with two attached hydrogens (primary N) is 1. The summed E-state index contributed by atoms with van der Waals surface area (Å²) < 4.78 is 5.55. The summed E-state index contributed by atoms with van der Waals surface area (Å²) in [4.78, 5) is 15.1. The van der Waals surface area contributed by atoms with E-state index in [1.807, 2.05) is 6.92 Å². The van der Waals surface area contributed by atoms with Crippen molar-refractivity contribution in [1.82, 2.24) is 4.98 Å². The third kappa shape index (κ3) is 2.70. The largest absolute Gasteiger partial charge is 0.478 e. The zero-order chi connectivity index (χ0) is 13.1. The van der Waals surface area contributed by atoms with Crippen molar-refractivity contribution in [3.8, 4) is 0 Å². The third-order valence-corrected chi connectivity index (χ3v) is 3.03. The molecule has 18 heavy (non-hydrogen) atoms. The normalized spacial score (nSPS) is 20.6. The molecule has 1 aliphatic heterocycles. The number of pyridine rings is 1. The van der Waals surface area contributed by atoms with Crippen LogP contribution in [0.4, 0.5) is 11.5 Å². The lowest BCUT2D eigenvalue weighted by atomic mass is 10.1. The quantitative estimate of drug-likeness (QED) is 0.747. The molecule has 1 saturated heterocycles. The molecule has 1 aromatic heterocycles. The molecular weight excluding hydrogens is 234 g/mol. The third-order valence-electron chi connectivity index (χ3n) is 3.03. The highest BCUT2D eigenvalue weighted by atomic mass is 16.5. The summed E-state index contributed by atoms with van der Waals surface area (Å²) in [5.41, 5.74) is 5.96. The van der Waals surface area contributed by atoms with Gasteiger partial charge in [-0.15, -0.1) is 0 Å². The lowest BCUT2D eigenvalue weighted by Crippen LogP contribution is -2.31. The molecule has 0 saturated carbocycles. The number of carboxylic acids is 1. The Morgan fingerprint density at radius 2 is 2.50 bits per heavy atom. The minimum Gasteiger partial charge on any atom is -0.478 e. The molecule has 4 N–H and O–H groups in total. The van der Waals surface area contributed by atoms with Crippen LogP contribution in [0.3, 0.4) is 0 Å². The van der Waals surface area contributed by atoms with Gasteiger partial charge in [0.2, 0.25) is 0 Å². The summed E-state index contributed by atoms with van der Waals surface area (Å²) in [5, 5.41) is 12.2. The molecule has 0 spiro atoms. The van der Waals surface area contributed by atoms with Gasteiger partial charge in [-0.25, -0.2) is 9.78 Å². The highest BCUT2D eigenvalue weighted by Gasteiger charge is 2.24. The summed E-state index contributed by atoms with van der Waals surface area (Å²) in [6.07, 6.45) is 3.56. The van der Waals surface area contributed by atoms with Gasteiger partial charge < -0.3 is 20.9 Å². The Bertz CT molecular complexity index is 444. The average Bonchev–Trinajstić information content (AvgIpc) is 2.84. The van der Waals surface area contributed by atoms with E-state index in [-0.39, 0.29) is 17.7 Å². The SMILES string of the molecule is CC(Nc1ncc(N)cc1C(=O)O)C1CCCO1. The summed E-state index contributed by atoms with van der Waals surface area (Å²) >= 11 is 0. The van der Waals surface area contributed by atoms with Gasteiger partial charge in [-0.3, -0.25) is 0 Å². The summed E-state index contributed by atoms with van der Waals surface area (Å²) in [6, 6.07) is 1.42.